The van der Waals surface area contributed by atoms with Crippen LogP contribution in [0.25, 0.3) is 0 Å². The third-order valence-electron chi connectivity index (χ3n) is 3.77. The average Bonchev–Trinajstić information content (AvgIpc) is 2.62. The van der Waals surface area contributed by atoms with E-state index in [1.165, 1.54) is 19.2 Å². The third-order valence-corrected chi connectivity index (χ3v) is 5.13. The van der Waals surface area contributed by atoms with Gasteiger partial charge in [-0.3, -0.25) is 4.72 Å². The molecule has 0 saturated carbocycles. The first-order chi connectivity index (χ1) is 12.8. The molecule has 0 aromatic heterocycles. The van der Waals surface area contributed by atoms with Crippen molar-refractivity contribution in [2.45, 2.75) is 26.2 Å². The average molecular weight is 392 g/mol. The largest absolute Gasteiger partial charge is 0.465 e. The molecule has 0 aliphatic rings. The van der Waals surface area contributed by atoms with Crippen LogP contribution in [0.1, 0.15) is 36.5 Å². The third kappa shape index (κ3) is 6.18. The lowest BCUT2D eigenvalue weighted by Gasteiger charge is -2.13. The summed E-state index contributed by atoms with van der Waals surface area (Å²) < 4.78 is 37.4. The van der Waals surface area contributed by atoms with E-state index in [0.717, 1.165) is 12.8 Å². The maximum atomic E-state index is 12.2. The Morgan fingerprint density at radius 1 is 1.11 bits per heavy atom. The Labute approximate surface area is 159 Å². The topological polar surface area (TPSA) is 108 Å². The van der Waals surface area contributed by atoms with E-state index in [2.05, 4.69) is 4.72 Å². The molecule has 0 aliphatic heterocycles. The number of nitrogen functional groups attached to an aromatic ring is 1. The van der Waals surface area contributed by atoms with E-state index in [4.69, 9.17) is 15.2 Å². The van der Waals surface area contributed by atoms with Crippen LogP contribution in [0.15, 0.2) is 42.5 Å². The molecular formula is C19H24N2O5S. The van der Waals surface area contributed by atoms with Crippen LogP contribution in [0.4, 0.5) is 11.4 Å². The van der Waals surface area contributed by atoms with E-state index in [1.807, 2.05) is 6.92 Å². The number of unbranched alkanes of at least 4 members (excludes halogenated alkanes) is 2. The Kier molecular flexibility index (Phi) is 7.06. The van der Waals surface area contributed by atoms with Gasteiger partial charge in [0.1, 0.15) is 11.5 Å². The van der Waals surface area contributed by atoms with E-state index in [9.17, 15) is 13.2 Å². The molecule has 2 aromatic carbocycles. The number of hydrogen-bond donors (Lipinski definition) is 2. The van der Waals surface area contributed by atoms with Crippen molar-refractivity contribution in [3.8, 4) is 11.5 Å². The van der Waals surface area contributed by atoms with Crippen molar-refractivity contribution in [2.75, 3.05) is 23.3 Å². The minimum Gasteiger partial charge on any atom is -0.465 e. The molecule has 0 heterocycles. The molecule has 0 bridgehead atoms. The second kappa shape index (κ2) is 9.27. The first-order valence-corrected chi connectivity index (χ1v) is 10.3. The normalized spacial score (nSPS) is 11.0. The summed E-state index contributed by atoms with van der Waals surface area (Å²) in [6, 6.07) is 11.3. The van der Waals surface area contributed by atoms with Crippen molar-refractivity contribution >= 4 is 27.4 Å². The maximum Gasteiger partial charge on any atom is 0.340 e. The van der Waals surface area contributed by atoms with E-state index >= 15 is 0 Å². The molecule has 2 aromatic rings. The van der Waals surface area contributed by atoms with E-state index in [1.54, 1.807) is 30.3 Å². The van der Waals surface area contributed by atoms with Crippen molar-refractivity contribution in [3.63, 3.8) is 0 Å². The fraction of sp³-hybridized carbons (Fsp3) is 0.316. The minimum absolute atomic E-state index is 0.0109. The zero-order valence-corrected chi connectivity index (χ0v) is 16.2. The highest BCUT2D eigenvalue weighted by atomic mass is 32.2. The minimum atomic E-state index is -3.56. The summed E-state index contributed by atoms with van der Waals surface area (Å²) in [7, 11) is -2.33. The molecule has 0 unspecified atom stereocenters. The predicted molar refractivity (Wildman–Crippen MR) is 106 cm³/mol. The molecular weight excluding hydrogens is 368 g/mol. The van der Waals surface area contributed by atoms with Gasteiger partial charge < -0.3 is 15.2 Å². The van der Waals surface area contributed by atoms with Crippen molar-refractivity contribution in [3.05, 3.63) is 48.0 Å². The molecule has 27 heavy (non-hydrogen) atoms. The zero-order valence-electron chi connectivity index (χ0n) is 15.4. The molecule has 0 atom stereocenters. The van der Waals surface area contributed by atoms with Gasteiger partial charge in [-0.25, -0.2) is 13.2 Å². The smallest absolute Gasteiger partial charge is 0.340 e. The van der Waals surface area contributed by atoms with Gasteiger partial charge in [-0.05, 0) is 36.8 Å². The van der Waals surface area contributed by atoms with Crippen molar-refractivity contribution in [1.29, 1.82) is 0 Å². The van der Waals surface area contributed by atoms with Crippen LogP contribution in [0.2, 0.25) is 0 Å². The van der Waals surface area contributed by atoms with Gasteiger partial charge in [-0.1, -0.05) is 25.8 Å². The molecule has 3 N–H and O–H groups in total. The van der Waals surface area contributed by atoms with E-state index in [0.29, 0.717) is 23.6 Å². The molecule has 0 amide bonds. The first kappa shape index (κ1) is 20.6. The lowest BCUT2D eigenvalue weighted by atomic mass is 10.1. The summed E-state index contributed by atoms with van der Waals surface area (Å²) in [5.74, 6) is 0.177. The second-order valence-electron chi connectivity index (χ2n) is 6.00. The number of ether oxygens (including phenoxy) is 2. The summed E-state index contributed by atoms with van der Waals surface area (Å²) in [6.45, 7) is 1.99. The molecule has 0 saturated heterocycles. The molecule has 0 radical (unpaired) electrons. The number of nitrogens with one attached hydrogen (secondary N) is 1. The lowest BCUT2D eigenvalue weighted by Crippen LogP contribution is -2.19. The van der Waals surface area contributed by atoms with Gasteiger partial charge in [-0.2, -0.15) is 0 Å². The Morgan fingerprint density at radius 3 is 2.52 bits per heavy atom. The number of esters is 1. The number of hydrogen-bond acceptors (Lipinski definition) is 6. The van der Waals surface area contributed by atoms with Crippen LogP contribution >= 0.6 is 0 Å². The highest BCUT2D eigenvalue weighted by Crippen LogP contribution is 2.28. The Hall–Kier alpha value is -2.74. The number of carbonyl (C=O) groups excluding carboxylic acids is 1. The summed E-state index contributed by atoms with van der Waals surface area (Å²) in [5, 5.41) is 0. The summed E-state index contributed by atoms with van der Waals surface area (Å²) >= 11 is 0. The number of sulfonamides is 1. The van der Waals surface area contributed by atoms with Crippen LogP contribution in [0.5, 0.6) is 11.5 Å². The van der Waals surface area contributed by atoms with Gasteiger partial charge in [-0.15, -0.1) is 0 Å². The van der Waals surface area contributed by atoms with Crippen LogP contribution in [0.3, 0.4) is 0 Å². The standard InChI is InChI=1S/C19H24N2O5S/c1-3-4-5-11-27(23,24)21-18-10-9-16(13-17(18)19(22)25-2)26-15-8-6-7-14(20)12-15/h6-10,12-13,21H,3-5,11,20H2,1-2H3. The molecule has 7 nitrogen and oxygen atoms in total. The van der Waals surface area contributed by atoms with Gasteiger partial charge in [0.25, 0.3) is 0 Å². The molecule has 2 rings (SSSR count). The number of benzene rings is 2. The lowest BCUT2D eigenvalue weighted by molar-refractivity contribution is 0.0601. The summed E-state index contributed by atoms with van der Waals surface area (Å²) in [4.78, 5) is 12.1. The quantitative estimate of drug-likeness (QED) is 0.382. The fourth-order valence-electron chi connectivity index (χ4n) is 2.43. The number of nitrogens with two attached hydrogens (primary N) is 1. The first-order valence-electron chi connectivity index (χ1n) is 8.61. The molecule has 8 heteroatoms. The number of rotatable bonds is 9. The maximum absolute atomic E-state index is 12.2. The number of anilines is 2. The predicted octanol–water partition coefficient (Wildman–Crippen LogP) is 3.78. The van der Waals surface area contributed by atoms with Crippen molar-refractivity contribution in [2.24, 2.45) is 0 Å². The molecule has 0 fully saturated rings. The highest BCUT2D eigenvalue weighted by Gasteiger charge is 2.18. The second-order valence-corrected chi connectivity index (χ2v) is 7.84. The Bertz CT molecular complexity index is 897. The van der Waals surface area contributed by atoms with Crippen molar-refractivity contribution in [1.82, 2.24) is 0 Å². The zero-order chi connectivity index (χ0) is 19.9. The number of methoxy groups -OCH3 is 1. The fourth-order valence-corrected chi connectivity index (χ4v) is 3.63. The van der Waals surface area contributed by atoms with Gasteiger partial charge >= 0.3 is 5.97 Å². The SMILES string of the molecule is CCCCCS(=O)(=O)Nc1ccc(Oc2cccc(N)c2)cc1C(=O)OC. The van der Waals surface area contributed by atoms with Crippen molar-refractivity contribution < 1.29 is 22.7 Å². The van der Waals surface area contributed by atoms with E-state index in [-0.39, 0.29) is 17.0 Å². The van der Waals surface area contributed by atoms with Crippen LogP contribution in [-0.2, 0) is 14.8 Å². The molecule has 0 aliphatic carbocycles. The molecule has 0 spiro atoms. The highest BCUT2D eigenvalue weighted by molar-refractivity contribution is 7.92. The summed E-state index contributed by atoms with van der Waals surface area (Å²) in [6.07, 6.45) is 2.28. The van der Waals surface area contributed by atoms with Crippen LogP contribution < -0.4 is 15.2 Å². The van der Waals surface area contributed by atoms with Gasteiger partial charge in [0.15, 0.2) is 0 Å². The van der Waals surface area contributed by atoms with Crippen LogP contribution in [0, 0.1) is 0 Å². The summed E-state index contributed by atoms with van der Waals surface area (Å²) in [5.41, 5.74) is 6.48. The molecule has 146 valence electrons. The number of carbonyl (C=O) groups is 1. The van der Waals surface area contributed by atoms with Gasteiger partial charge in [0, 0.05) is 11.8 Å². The van der Waals surface area contributed by atoms with Crippen LogP contribution in [-0.4, -0.2) is 27.2 Å². The van der Waals surface area contributed by atoms with E-state index < -0.39 is 16.0 Å². The Morgan fingerprint density at radius 2 is 1.85 bits per heavy atom. The Balaban J connectivity index is 2.26. The van der Waals surface area contributed by atoms with Gasteiger partial charge in [0.2, 0.25) is 10.0 Å². The van der Waals surface area contributed by atoms with Gasteiger partial charge in [0.05, 0.1) is 24.1 Å². The monoisotopic (exact) mass is 392 g/mol.